The van der Waals surface area contributed by atoms with Gasteiger partial charge in [0, 0.05) is 31.1 Å². The van der Waals surface area contributed by atoms with Crippen molar-refractivity contribution in [3.05, 3.63) is 24.3 Å². The van der Waals surface area contributed by atoms with Gasteiger partial charge >= 0.3 is 27.6 Å². The summed E-state index contributed by atoms with van der Waals surface area (Å²) >= 11 is 0. The molecular weight excluding hydrogens is 834 g/mol. The molecule has 1 fully saturated rings. The first-order valence-electron chi connectivity index (χ1n) is 22.5. The van der Waals surface area contributed by atoms with Gasteiger partial charge in [0.05, 0.1) is 32.0 Å². The summed E-state index contributed by atoms with van der Waals surface area (Å²) in [6, 6.07) is 0. The molecule has 7 atom stereocenters. The van der Waals surface area contributed by atoms with Gasteiger partial charge in [0.1, 0.15) is 18.5 Å². The normalized spacial score (nSPS) is 19.8. The second kappa shape index (κ2) is 33.7. The average Bonchev–Trinajstić information content (AvgIpc) is 3.46. The van der Waals surface area contributed by atoms with Crippen molar-refractivity contribution < 1.29 is 76.6 Å². The van der Waals surface area contributed by atoms with Crippen LogP contribution in [0.5, 0.6) is 0 Å². The molecule has 1 aliphatic carbocycles. The molecule has 18 heteroatoms. The van der Waals surface area contributed by atoms with E-state index in [0.717, 1.165) is 50.9 Å². The minimum atomic E-state index is -4.90. The van der Waals surface area contributed by atoms with E-state index < -0.39 is 84.3 Å². The van der Waals surface area contributed by atoms with Gasteiger partial charge in [-0.05, 0) is 38.0 Å². The molecule has 0 aliphatic heterocycles. The number of carbonyl (C=O) groups excluding carboxylic acids is 3. The molecule has 0 spiro atoms. The van der Waals surface area contributed by atoms with Gasteiger partial charge in [-0.3, -0.25) is 28.0 Å². The van der Waals surface area contributed by atoms with Crippen LogP contribution in [0.4, 0.5) is 0 Å². The van der Waals surface area contributed by atoms with Crippen molar-refractivity contribution in [2.24, 2.45) is 17.8 Å². The number of unbranched alkanes of at least 4 members (excludes halogenated alkanes) is 13. The van der Waals surface area contributed by atoms with Crippen LogP contribution in [0, 0.1) is 17.8 Å². The van der Waals surface area contributed by atoms with Gasteiger partial charge in [0.2, 0.25) is 0 Å². The van der Waals surface area contributed by atoms with Crippen molar-refractivity contribution in [3.63, 3.8) is 0 Å². The van der Waals surface area contributed by atoms with E-state index in [2.05, 4.69) is 29.8 Å². The fraction of sp³-hybridized carbons (Fsp3) is 0.837. The number of aliphatic hydroxyl groups excluding tert-OH is 3. The Morgan fingerprint density at radius 3 is 1.93 bits per heavy atom. The molecule has 0 bridgehead atoms. The largest absolute Gasteiger partial charge is 0.472 e. The summed E-state index contributed by atoms with van der Waals surface area (Å²) < 4.78 is 47.8. The first-order valence-corrected chi connectivity index (χ1v) is 25.5. The second-order valence-corrected chi connectivity index (χ2v) is 19.3. The van der Waals surface area contributed by atoms with Crippen molar-refractivity contribution in [1.29, 1.82) is 0 Å². The Morgan fingerprint density at radius 2 is 1.31 bits per heavy atom. The number of rotatable bonds is 38. The molecule has 0 heterocycles. The lowest BCUT2D eigenvalue weighted by atomic mass is 9.90. The number of ether oxygens (including phenoxy) is 2. The van der Waals surface area contributed by atoms with Crippen molar-refractivity contribution >= 4 is 33.4 Å². The Labute approximate surface area is 364 Å². The summed E-state index contributed by atoms with van der Waals surface area (Å²) in [7, 11) is -9.78. The van der Waals surface area contributed by atoms with Crippen LogP contribution < -0.4 is 0 Å². The summed E-state index contributed by atoms with van der Waals surface area (Å²) in [5.41, 5.74) is 0. The molecule has 1 rings (SSSR count). The minimum absolute atomic E-state index is 0.0543. The molecule has 1 saturated carbocycles. The monoisotopic (exact) mass is 912 g/mol. The maximum Gasteiger partial charge on any atom is 0.472 e. The Kier molecular flexibility index (Phi) is 31.6. The maximum absolute atomic E-state index is 12.8. The average molecular weight is 913 g/mol. The summed E-state index contributed by atoms with van der Waals surface area (Å²) in [6.45, 7) is 3.65. The zero-order chi connectivity index (χ0) is 45.5. The molecule has 61 heavy (non-hydrogen) atoms. The Balaban J connectivity index is 2.58. The van der Waals surface area contributed by atoms with E-state index in [1.54, 1.807) is 12.2 Å². The van der Waals surface area contributed by atoms with Crippen LogP contribution in [0.1, 0.15) is 162 Å². The van der Waals surface area contributed by atoms with Crippen LogP contribution in [0.2, 0.25) is 0 Å². The summed E-state index contributed by atoms with van der Waals surface area (Å²) in [5, 5.41) is 30.5. The topological polar surface area (TPSA) is 253 Å². The van der Waals surface area contributed by atoms with E-state index in [0.29, 0.717) is 32.1 Å². The highest BCUT2D eigenvalue weighted by Crippen LogP contribution is 2.44. The molecule has 16 nitrogen and oxygen atoms in total. The van der Waals surface area contributed by atoms with Gasteiger partial charge in [0.25, 0.3) is 0 Å². The van der Waals surface area contributed by atoms with E-state index in [4.69, 9.17) is 23.8 Å². The van der Waals surface area contributed by atoms with Crippen LogP contribution in [0.25, 0.3) is 0 Å². The standard InChI is InChI=1S/C43H78O16P2/c1-4-5-17-23-35(44)27-28-39-38(40(46)29-41(39)47)24-19-15-16-21-26-43(49)59-37(33-58-61(53,54)57-31-36(45)30-56-60(50,51)52)32-55-42(48)25-20-14-12-10-8-6-7-9-11-13-18-22-34(2)3/h15,19,27-28,34-40,44-46H,4-14,16-18,20-26,29-33H2,1-3H3,(H,53,54)(H2,50,51,52)/b19-15-,28-27+/t35-,36-,37+,38+,39+,40-/m0/s1. The van der Waals surface area contributed by atoms with Crippen molar-refractivity contribution in [1.82, 2.24) is 0 Å². The lowest BCUT2D eigenvalue weighted by Gasteiger charge is -2.20. The molecular formula is C43H78O16P2. The molecule has 0 radical (unpaired) electrons. The molecule has 0 aromatic rings. The number of esters is 2. The number of hydrogen-bond donors (Lipinski definition) is 6. The van der Waals surface area contributed by atoms with E-state index in [1.165, 1.54) is 44.9 Å². The van der Waals surface area contributed by atoms with Crippen LogP contribution in [0.15, 0.2) is 24.3 Å². The highest BCUT2D eigenvalue weighted by atomic mass is 31.2. The number of aliphatic hydroxyl groups is 3. The van der Waals surface area contributed by atoms with Crippen molar-refractivity contribution in [2.45, 2.75) is 186 Å². The van der Waals surface area contributed by atoms with Gasteiger partial charge in [-0.25, -0.2) is 9.13 Å². The van der Waals surface area contributed by atoms with E-state index in [9.17, 15) is 43.7 Å². The van der Waals surface area contributed by atoms with Gasteiger partial charge in [-0.15, -0.1) is 0 Å². The van der Waals surface area contributed by atoms with Crippen LogP contribution >= 0.6 is 15.6 Å². The number of carbonyl (C=O) groups is 3. The SMILES string of the molecule is CCCCC[C@H](O)/C=C/[C@H]1C(=O)C[C@H](O)[C@@H]1C/C=C\CCCC(=O)O[C@H](COC(=O)CCCCCCCCCCCCCC(C)C)COP(=O)(O)OC[C@@H](O)COP(=O)(O)O. The fourth-order valence-electron chi connectivity index (χ4n) is 6.87. The number of ketones is 1. The molecule has 0 aromatic heterocycles. The van der Waals surface area contributed by atoms with Crippen LogP contribution in [-0.2, 0) is 46.6 Å². The van der Waals surface area contributed by atoms with Gasteiger partial charge in [-0.1, -0.05) is 135 Å². The maximum atomic E-state index is 12.8. The first-order chi connectivity index (χ1) is 28.9. The van der Waals surface area contributed by atoms with Gasteiger partial charge < -0.3 is 39.5 Å². The molecule has 356 valence electrons. The summed E-state index contributed by atoms with van der Waals surface area (Å²) in [4.78, 5) is 65.4. The number of allylic oxidation sites excluding steroid dienone is 3. The molecule has 0 aromatic carbocycles. The third kappa shape index (κ3) is 31.6. The summed E-state index contributed by atoms with van der Waals surface area (Å²) in [6.07, 6.45) is 21.2. The van der Waals surface area contributed by atoms with E-state index in [-0.39, 0.29) is 31.0 Å². The van der Waals surface area contributed by atoms with E-state index in [1.807, 2.05) is 12.2 Å². The second-order valence-electron chi connectivity index (χ2n) is 16.6. The predicted molar refractivity (Wildman–Crippen MR) is 231 cm³/mol. The molecule has 1 unspecified atom stereocenters. The Bertz CT molecular complexity index is 1350. The quantitative estimate of drug-likeness (QED) is 0.0149. The Morgan fingerprint density at radius 1 is 0.738 bits per heavy atom. The molecule has 1 aliphatic rings. The zero-order valence-electron chi connectivity index (χ0n) is 36.9. The lowest BCUT2D eigenvalue weighted by Crippen LogP contribution is -2.29. The number of Topliss-reactive ketones (excluding diaryl/α,β-unsaturated/α-hetero) is 1. The highest BCUT2D eigenvalue weighted by molar-refractivity contribution is 7.47. The van der Waals surface area contributed by atoms with Crippen molar-refractivity contribution in [2.75, 3.05) is 26.4 Å². The zero-order valence-corrected chi connectivity index (χ0v) is 38.7. The van der Waals surface area contributed by atoms with Crippen LogP contribution in [0.3, 0.4) is 0 Å². The lowest BCUT2D eigenvalue weighted by molar-refractivity contribution is -0.161. The number of phosphoric acid groups is 2. The summed E-state index contributed by atoms with van der Waals surface area (Å²) in [5.74, 6) is -1.34. The smallest absolute Gasteiger partial charge is 0.462 e. The first kappa shape index (κ1) is 57.2. The molecule has 0 saturated heterocycles. The van der Waals surface area contributed by atoms with Gasteiger partial charge in [0.15, 0.2) is 6.10 Å². The van der Waals surface area contributed by atoms with Crippen molar-refractivity contribution in [3.8, 4) is 0 Å². The Hall–Kier alpha value is -1.81. The van der Waals surface area contributed by atoms with E-state index >= 15 is 0 Å². The third-order valence-corrected chi connectivity index (χ3v) is 11.8. The number of phosphoric ester groups is 2. The van der Waals surface area contributed by atoms with Gasteiger partial charge in [-0.2, -0.15) is 0 Å². The van der Waals surface area contributed by atoms with Crippen LogP contribution in [-0.4, -0.2) is 98.6 Å². The predicted octanol–water partition coefficient (Wildman–Crippen LogP) is 7.95. The molecule has 0 amide bonds. The number of hydrogen-bond acceptors (Lipinski definition) is 13. The minimum Gasteiger partial charge on any atom is -0.462 e. The molecule has 6 N–H and O–H groups in total. The highest BCUT2D eigenvalue weighted by Gasteiger charge is 2.39. The third-order valence-electron chi connectivity index (χ3n) is 10.4. The fourth-order valence-corrected chi connectivity index (χ4v) is 8.02.